The van der Waals surface area contributed by atoms with Gasteiger partial charge in [-0.1, -0.05) is 12.1 Å². The number of phenolic OH excluding ortho intramolecular Hbond substituents is 1. The highest BCUT2D eigenvalue weighted by atomic mass is 16.7. The van der Waals surface area contributed by atoms with E-state index in [4.69, 9.17) is 9.57 Å². The van der Waals surface area contributed by atoms with Gasteiger partial charge in [0.1, 0.15) is 0 Å². The Bertz CT molecular complexity index is 475. The molecule has 1 amide bonds. The summed E-state index contributed by atoms with van der Waals surface area (Å²) in [6.07, 6.45) is 0.732. The Morgan fingerprint density at radius 3 is 2.89 bits per heavy atom. The lowest BCUT2D eigenvalue weighted by atomic mass is 10.1. The number of hydrogen-bond donors (Lipinski definition) is 1. The first-order valence-electron chi connectivity index (χ1n) is 6.36. The van der Waals surface area contributed by atoms with Crippen LogP contribution in [-0.2, 0) is 9.63 Å². The van der Waals surface area contributed by atoms with E-state index in [1.807, 2.05) is 19.1 Å². The van der Waals surface area contributed by atoms with Gasteiger partial charge < -0.3 is 9.84 Å². The van der Waals surface area contributed by atoms with Crippen LogP contribution >= 0.6 is 0 Å². The van der Waals surface area contributed by atoms with Crippen LogP contribution < -0.4 is 4.74 Å². The zero-order valence-corrected chi connectivity index (χ0v) is 11.4. The van der Waals surface area contributed by atoms with Crippen LogP contribution in [0.5, 0.6) is 11.5 Å². The standard InChI is InChI=1S/C14H19NO4/c1-4-19-12-7-5-6-9(13(12)16)10-8-11(10)14(17)15(2)18-3/h5-7,10-11,16H,4,8H2,1-3H3. The molecule has 2 atom stereocenters. The van der Waals surface area contributed by atoms with Gasteiger partial charge in [-0.25, -0.2) is 5.06 Å². The summed E-state index contributed by atoms with van der Waals surface area (Å²) in [4.78, 5) is 16.8. The van der Waals surface area contributed by atoms with Crippen LogP contribution in [0.4, 0.5) is 0 Å². The molecule has 2 unspecified atom stereocenters. The van der Waals surface area contributed by atoms with Gasteiger partial charge in [-0.05, 0) is 19.4 Å². The van der Waals surface area contributed by atoms with Gasteiger partial charge in [0.25, 0.3) is 0 Å². The van der Waals surface area contributed by atoms with Crippen molar-refractivity contribution in [3.63, 3.8) is 0 Å². The van der Waals surface area contributed by atoms with Crippen LogP contribution in [0.3, 0.4) is 0 Å². The quantitative estimate of drug-likeness (QED) is 0.826. The maximum absolute atomic E-state index is 11.9. The van der Waals surface area contributed by atoms with Gasteiger partial charge in [0.05, 0.1) is 13.7 Å². The van der Waals surface area contributed by atoms with E-state index in [1.165, 1.54) is 12.2 Å². The third-order valence-electron chi connectivity index (χ3n) is 3.42. The van der Waals surface area contributed by atoms with Gasteiger partial charge in [-0.15, -0.1) is 0 Å². The lowest BCUT2D eigenvalue weighted by Crippen LogP contribution is -2.27. The molecule has 1 fully saturated rings. The number of hydrogen-bond acceptors (Lipinski definition) is 4. The van der Waals surface area contributed by atoms with Crippen molar-refractivity contribution < 1.29 is 19.5 Å². The predicted octanol–water partition coefficient (Wildman–Crippen LogP) is 1.91. The van der Waals surface area contributed by atoms with Crippen molar-refractivity contribution in [1.82, 2.24) is 5.06 Å². The maximum Gasteiger partial charge on any atom is 0.249 e. The second kappa shape index (κ2) is 5.48. The van der Waals surface area contributed by atoms with E-state index in [0.29, 0.717) is 12.4 Å². The number of aromatic hydroxyl groups is 1. The molecule has 19 heavy (non-hydrogen) atoms. The molecule has 104 valence electrons. The first-order valence-corrected chi connectivity index (χ1v) is 6.36. The van der Waals surface area contributed by atoms with Crippen LogP contribution in [0.2, 0.25) is 0 Å². The number of carbonyl (C=O) groups is 1. The Kier molecular flexibility index (Phi) is 3.95. The second-order valence-electron chi connectivity index (χ2n) is 4.59. The molecule has 1 aromatic rings. The fourth-order valence-corrected chi connectivity index (χ4v) is 2.25. The molecule has 1 N–H and O–H groups in total. The molecule has 0 radical (unpaired) electrons. The average molecular weight is 265 g/mol. The molecule has 5 nitrogen and oxygen atoms in total. The van der Waals surface area contributed by atoms with Crippen molar-refractivity contribution in [2.24, 2.45) is 5.92 Å². The number of nitrogens with zero attached hydrogens (tertiary/aromatic N) is 1. The highest BCUT2D eigenvalue weighted by Gasteiger charge is 2.47. The molecule has 0 heterocycles. The van der Waals surface area contributed by atoms with E-state index in [9.17, 15) is 9.90 Å². The number of benzene rings is 1. The van der Waals surface area contributed by atoms with E-state index >= 15 is 0 Å². The SMILES string of the molecule is CCOc1cccc(C2CC2C(=O)N(C)OC)c1O. The third-order valence-corrected chi connectivity index (χ3v) is 3.42. The van der Waals surface area contributed by atoms with Crippen molar-refractivity contribution in [3.8, 4) is 11.5 Å². The Hall–Kier alpha value is -1.75. The number of hydroxylamine groups is 2. The molecule has 1 aliphatic carbocycles. The Morgan fingerprint density at radius 2 is 2.26 bits per heavy atom. The molecule has 0 saturated heterocycles. The summed E-state index contributed by atoms with van der Waals surface area (Å²) in [6.45, 7) is 2.36. The first kappa shape index (κ1) is 13.7. The largest absolute Gasteiger partial charge is 0.504 e. The molecule has 2 rings (SSSR count). The molecule has 5 heteroatoms. The van der Waals surface area contributed by atoms with Crippen molar-refractivity contribution in [2.75, 3.05) is 20.8 Å². The van der Waals surface area contributed by atoms with Crippen LogP contribution in [0.1, 0.15) is 24.8 Å². The smallest absolute Gasteiger partial charge is 0.249 e. The molecule has 1 aromatic carbocycles. The van der Waals surface area contributed by atoms with Gasteiger partial charge in [-0.3, -0.25) is 9.63 Å². The topological polar surface area (TPSA) is 59.0 Å². The number of carbonyl (C=O) groups excluding carboxylic acids is 1. The molecule has 1 aliphatic rings. The summed E-state index contributed by atoms with van der Waals surface area (Å²) in [7, 11) is 3.05. The van der Waals surface area contributed by atoms with Crippen LogP contribution in [0.25, 0.3) is 0 Å². The molecule has 0 aliphatic heterocycles. The second-order valence-corrected chi connectivity index (χ2v) is 4.59. The lowest BCUT2D eigenvalue weighted by molar-refractivity contribution is -0.170. The fraction of sp³-hybridized carbons (Fsp3) is 0.500. The minimum Gasteiger partial charge on any atom is -0.504 e. The average Bonchev–Trinajstić information content (AvgIpc) is 3.20. The van der Waals surface area contributed by atoms with Crippen molar-refractivity contribution in [2.45, 2.75) is 19.3 Å². The predicted molar refractivity (Wildman–Crippen MR) is 69.9 cm³/mol. The van der Waals surface area contributed by atoms with E-state index in [0.717, 1.165) is 12.0 Å². The summed E-state index contributed by atoms with van der Waals surface area (Å²) in [6, 6.07) is 5.39. The molecular weight excluding hydrogens is 246 g/mol. The first-order chi connectivity index (χ1) is 9.10. The van der Waals surface area contributed by atoms with E-state index in [1.54, 1.807) is 13.1 Å². The summed E-state index contributed by atoms with van der Waals surface area (Å²) < 4.78 is 5.35. The monoisotopic (exact) mass is 265 g/mol. The summed E-state index contributed by atoms with van der Waals surface area (Å²) >= 11 is 0. The van der Waals surface area contributed by atoms with Crippen molar-refractivity contribution in [3.05, 3.63) is 23.8 Å². The van der Waals surface area contributed by atoms with Crippen LogP contribution in [-0.4, -0.2) is 36.8 Å². The Balaban J connectivity index is 2.13. The minimum absolute atomic E-state index is 0.0468. The molecule has 0 aromatic heterocycles. The third kappa shape index (κ3) is 2.66. The summed E-state index contributed by atoms with van der Waals surface area (Å²) in [5.41, 5.74) is 0.772. The van der Waals surface area contributed by atoms with Gasteiger partial charge in [-0.2, -0.15) is 0 Å². The number of amides is 1. The van der Waals surface area contributed by atoms with Crippen molar-refractivity contribution in [1.29, 1.82) is 0 Å². The number of ether oxygens (including phenoxy) is 1. The lowest BCUT2D eigenvalue weighted by Gasteiger charge is -2.14. The summed E-state index contributed by atoms with van der Waals surface area (Å²) in [5.74, 6) is 0.481. The molecule has 0 bridgehead atoms. The highest BCUT2D eigenvalue weighted by Crippen LogP contribution is 2.52. The fourth-order valence-electron chi connectivity index (χ4n) is 2.25. The number of phenols is 1. The number of para-hydroxylation sites is 1. The molecular formula is C14H19NO4. The van der Waals surface area contributed by atoms with Gasteiger partial charge in [0.15, 0.2) is 11.5 Å². The molecule has 1 saturated carbocycles. The minimum atomic E-state index is -0.118. The highest BCUT2D eigenvalue weighted by molar-refractivity contribution is 5.82. The normalized spacial score (nSPS) is 21.0. The van der Waals surface area contributed by atoms with Gasteiger partial charge in [0, 0.05) is 24.4 Å². The van der Waals surface area contributed by atoms with Crippen molar-refractivity contribution >= 4 is 5.91 Å². The van der Waals surface area contributed by atoms with E-state index in [-0.39, 0.29) is 23.5 Å². The summed E-state index contributed by atoms with van der Waals surface area (Å²) in [5, 5.41) is 11.4. The Labute approximate surface area is 112 Å². The zero-order valence-electron chi connectivity index (χ0n) is 11.4. The molecule has 0 spiro atoms. The van der Waals surface area contributed by atoms with E-state index in [2.05, 4.69) is 0 Å². The number of rotatable bonds is 5. The van der Waals surface area contributed by atoms with Gasteiger partial charge in [0.2, 0.25) is 5.91 Å². The van der Waals surface area contributed by atoms with Crippen LogP contribution in [0, 0.1) is 5.92 Å². The van der Waals surface area contributed by atoms with E-state index < -0.39 is 0 Å². The maximum atomic E-state index is 11.9. The van der Waals surface area contributed by atoms with Crippen LogP contribution in [0.15, 0.2) is 18.2 Å². The zero-order chi connectivity index (χ0) is 14.0. The van der Waals surface area contributed by atoms with Gasteiger partial charge >= 0.3 is 0 Å². The Morgan fingerprint density at radius 1 is 1.53 bits per heavy atom.